The molecule has 7 heteroatoms. The van der Waals surface area contributed by atoms with Crippen molar-refractivity contribution in [3.05, 3.63) is 24.3 Å². The van der Waals surface area contributed by atoms with Gasteiger partial charge in [0.25, 0.3) is 0 Å². The maximum absolute atomic E-state index is 11.3. The van der Waals surface area contributed by atoms with Crippen LogP contribution in [0.25, 0.3) is 0 Å². The van der Waals surface area contributed by atoms with E-state index in [1.807, 2.05) is 0 Å². The highest BCUT2D eigenvalue weighted by Crippen LogP contribution is 2.16. The maximum Gasteiger partial charge on any atom is 0.325 e. The molecular weight excluding hydrogens is 244 g/mol. The Balaban J connectivity index is 2.72. The van der Waals surface area contributed by atoms with E-state index in [-0.39, 0.29) is 12.3 Å². The lowest BCUT2D eigenvalue weighted by Gasteiger charge is -2.07. The van der Waals surface area contributed by atoms with Crippen molar-refractivity contribution in [1.82, 2.24) is 0 Å². The van der Waals surface area contributed by atoms with Gasteiger partial charge in [0.15, 0.2) is 0 Å². The summed E-state index contributed by atoms with van der Waals surface area (Å²) in [5, 5.41) is 0. The lowest BCUT2D eigenvalue weighted by molar-refractivity contribution is -0.132. The molecule has 0 aliphatic heterocycles. The summed E-state index contributed by atoms with van der Waals surface area (Å²) >= 11 is 0. The molecule has 0 atom stereocenters. The third-order valence-corrected chi connectivity index (χ3v) is 3.21. The van der Waals surface area contributed by atoms with Crippen LogP contribution < -0.4 is 15.2 Å². The molecule has 0 saturated heterocycles. The molecule has 0 heterocycles. The lowest BCUT2D eigenvalue weighted by atomic mass is 10.3. The first-order chi connectivity index (χ1) is 7.96. The molecule has 0 aliphatic rings. The third-order valence-electron chi connectivity index (χ3n) is 1.91. The number of benzene rings is 1. The molecule has 0 aliphatic carbocycles. The fourth-order valence-corrected chi connectivity index (χ4v) is 1.66. The van der Waals surface area contributed by atoms with Gasteiger partial charge in [0.05, 0.1) is 12.3 Å². The predicted molar refractivity (Wildman–Crippen MR) is 64.2 cm³/mol. The highest BCUT2D eigenvalue weighted by atomic mass is 32.2. The second kappa shape index (κ2) is 5.65. The Morgan fingerprint density at radius 1 is 1.35 bits per heavy atom. The van der Waals surface area contributed by atoms with Crippen molar-refractivity contribution in [3.63, 3.8) is 0 Å². The summed E-state index contributed by atoms with van der Waals surface area (Å²) in [6, 6.07) is 5.99. The molecule has 1 rings (SSSR count). The monoisotopic (exact) mass is 258 g/mol. The van der Waals surface area contributed by atoms with Crippen LogP contribution in [0.4, 0.5) is 5.69 Å². The van der Waals surface area contributed by atoms with Crippen LogP contribution in [-0.4, -0.2) is 26.7 Å². The van der Waals surface area contributed by atoms with Gasteiger partial charge < -0.3 is 10.5 Å². The average molecular weight is 258 g/mol. The molecule has 6 nitrogen and oxygen atoms in total. The molecular formula is C10H14N2O4S. The smallest absolute Gasteiger partial charge is 0.325 e. The average Bonchev–Trinajstić information content (AvgIpc) is 2.31. The summed E-state index contributed by atoms with van der Waals surface area (Å²) in [6.45, 7) is 1.34. The number of nitrogens with two attached hydrogens (primary N) is 1. The first-order valence-electron chi connectivity index (χ1n) is 4.98. The van der Waals surface area contributed by atoms with Crippen molar-refractivity contribution >= 4 is 21.7 Å². The van der Waals surface area contributed by atoms with Gasteiger partial charge in [0.2, 0.25) is 10.0 Å². The Bertz CT molecular complexity index is 482. The first-order valence-corrected chi connectivity index (χ1v) is 6.63. The predicted octanol–water partition coefficient (Wildman–Crippen LogP) is 0.312. The molecule has 0 amide bonds. The summed E-state index contributed by atoms with van der Waals surface area (Å²) in [6.07, 6.45) is 0. The van der Waals surface area contributed by atoms with Gasteiger partial charge in [0.1, 0.15) is 5.75 Å². The fraction of sp³-hybridized carbons (Fsp3) is 0.300. The van der Waals surface area contributed by atoms with Crippen molar-refractivity contribution in [2.24, 2.45) is 5.73 Å². The van der Waals surface area contributed by atoms with Crippen molar-refractivity contribution in [2.45, 2.75) is 6.92 Å². The zero-order valence-electron chi connectivity index (χ0n) is 9.34. The second-order valence-electron chi connectivity index (χ2n) is 3.21. The zero-order valence-corrected chi connectivity index (χ0v) is 10.2. The highest BCUT2D eigenvalue weighted by Gasteiger charge is 2.07. The number of rotatable bonds is 5. The number of carbonyl (C=O) groups excluding carboxylic acids is 1. The molecule has 0 aromatic heterocycles. The van der Waals surface area contributed by atoms with Crippen LogP contribution in [0.2, 0.25) is 0 Å². The maximum atomic E-state index is 11.3. The standard InChI is InChI=1S/C10H14N2O4S/c1-2-17(14,15)12-8-3-5-9(6-4-8)16-10(13)7-11/h3-6,12H,2,7,11H2,1H3. The van der Waals surface area contributed by atoms with Gasteiger partial charge in [0, 0.05) is 5.69 Å². The summed E-state index contributed by atoms with van der Waals surface area (Å²) in [7, 11) is -3.29. The molecule has 94 valence electrons. The Hall–Kier alpha value is -1.60. The number of sulfonamides is 1. The van der Waals surface area contributed by atoms with E-state index in [0.29, 0.717) is 11.4 Å². The van der Waals surface area contributed by atoms with Crippen LogP contribution in [-0.2, 0) is 14.8 Å². The van der Waals surface area contributed by atoms with Gasteiger partial charge in [-0.25, -0.2) is 8.42 Å². The van der Waals surface area contributed by atoms with Gasteiger partial charge >= 0.3 is 5.97 Å². The Morgan fingerprint density at radius 3 is 2.41 bits per heavy atom. The normalized spacial score (nSPS) is 10.9. The number of anilines is 1. The fourth-order valence-electron chi connectivity index (χ4n) is 1.02. The molecule has 1 aromatic carbocycles. The number of carbonyl (C=O) groups is 1. The minimum Gasteiger partial charge on any atom is -0.426 e. The molecule has 0 fully saturated rings. The SMILES string of the molecule is CCS(=O)(=O)Nc1ccc(OC(=O)CN)cc1. The molecule has 0 bridgehead atoms. The topological polar surface area (TPSA) is 98.5 Å². The number of ether oxygens (including phenoxy) is 1. The Morgan fingerprint density at radius 2 is 1.94 bits per heavy atom. The summed E-state index contributed by atoms with van der Waals surface area (Å²) in [5.41, 5.74) is 5.50. The molecule has 17 heavy (non-hydrogen) atoms. The molecule has 1 aromatic rings. The van der Waals surface area contributed by atoms with E-state index in [9.17, 15) is 13.2 Å². The van der Waals surface area contributed by atoms with Crippen molar-refractivity contribution in [3.8, 4) is 5.75 Å². The van der Waals surface area contributed by atoms with E-state index < -0.39 is 16.0 Å². The Labute approximate surface area is 99.8 Å². The van der Waals surface area contributed by atoms with Crippen LogP contribution in [0, 0.1) is 0 Å². The minimum absolute atomic E-state index is 0.00306. The van der Waals surface area contributed by atoms with Crippen molar-refractivity contribution in [1.29, 1.82) is 0 Å². The quantitative estimate of drug-likeness (QED) is 0.585. The Kier molecular flexibility index (Phi) is 4.47. The molecule has 3 N–H and O–H groups in total. The molecule has 0 saturated carbocycles. The van der Waals surface area contributed by atoms with Crippen LogP contribution in [0.15, 0.2) is 24.3 Å². The van der Waals surface area contributed by atoms with Gasteiger partial charge in [-0.15, -0.1) is 0 Å². The third kappa shape index (κ3) is 4.41. The van der Waals surface area contributed by atoms with E-state index in [4.69, 9.17) is 10.5 Å². The molecule has 0 radical (unpaired) electrons. The number of hydrogen-bond acceptors (Lipinski definition) is 5. The molecule has 0 unspecified atom stereocenters. The van der Waals surface area contributed by atoms with Gasteiger partial charge in [-0.3, -0.25) is 9.52 Å². The highest BCUT2D eigenvalue weighted by molar-refractivity contribution is 7.92. The van der Waals surface area contributed by atoms with E-state index in [0.717, 1.165) is 0 Å². The summed E-state index contributed by atoms with van der Waals surface area (Å²) in [5.74, 6) is -0.233. The largest absolute Gasteiger partial charge is 0.426 e. The van der Waals surface area contributed by atoms with E-state index in [1.165, 1.54) is 24.3 Å². The van der Waals surface area contributed by atoms with Crippen LogP contribution in [0.1, 0.15) is 6.92 Å². The van der Waals surface area contributed by atoms with Crippen molar-refractivity contribution < 1.29 is 17.9 Å². The van der Waals surface area contributed by atoms with E-state index in [2.05, 4.69) is 4.72 Å². The van der Waals surface area contributed by atoms with Gasteiger partial charge in [-0.1, -0.05) is 0 Å². The van der Waals surface area contributed by atoms with E-state index >= 15 is 0 Å². The van der Waals surface area contributed by atoms with Crippen LogP contribution in [0.5, 0.6) is 5.75 Å². The number of esters is 1. The van der Waals surface area contributed by atoms with Gasteiger partial charge in [-0.05, 0) is 31.2 Å². The zero-order chi connectivity index (χ0) is 12.9. The van der Waals surface area contributed by atoms with Gasteiger partial charge in [-0.2, -0.15) is 0 Å². The van der Waals surface area contributed by atoms with Crippen molar-refractivity contribution in [2.75, 3.05) is 17.0 Å². The lowest BCUT2D eigenvalue weighted by Crippen LogP contribution is -2.19. The number of hydrogen-bond donors (Lipinski definition) is 2. The first kappa shape index (κ1) is 13.5. The molecule has 0 spiro atoms. The summed E-state index contributed by atoms with van der Waals surface area (Å²) < 4.78 is 29.7. The minimum atomic E-state index is -3.29. The second-order valence-corrected chi connectivity index (χ2v) is 5.22. The number of nitrogens with one attached hydrogen (secondary N) is 1. The van der Waals surface area contributed by atoms with Crippen LogP contribution >= 0.6 is 0 Å². The summed E-state index contributed by atoms with van der Waals surface area (Å²) in [4.78, 5) is 10.9. The van der Waals surface area contributed by atoms with E-state index in [1.54, 1.807) is 6.92 Å². The van der Waals surface area contributed by atoms with Crippen LogP contribution in [0.3, 0.4) is 0 Å².